The lowest BCUT2D eigenvalue weighted by molar-refractivity contribution is -0.126. The summed E-state index contributed by atoms with van der Waals surface area (Å²) in [6, 6.07) is -0.182. The van der Waals surface area contributed by atoms with E-state index in [0.717, 1.165) is 19.3 Å². The quantitative estimate of drug-likeness (QED) is 0.798. The van der Waals surface area contributed by atoms with E-state index in [1.807, 2.05) is 0 Å². The molecule has 0 aromatic rings. The number of hydrogen-bond donors (Lipinski definition) is 1. The molecule has 20 heavy (non-hydrogen) atoms. The average molecular weight is 304 g/mol. The van der Waals surface area contributed by atoms with Crippen molar-refractivity contribution in [2.24, 2.45) is 5.92 Å². The van der Waals surface area contributed by atoms with Gasteiger partial charge in [-0.3, -0.25) is 4.79 Å². The van der Waals surface area contributed by atoms with Crippen LogP contribution < -0.4 is 5.32 Å². The van der Waals surface area contributed by atoms with Gasteiger partial charge in [0, 0.05) is 25.7 Å². The van der Waals surface area contributed by atoms with Gasteiger partial charge in [0.1, 0.15) is 0 Å². The van der Waals surface area contributed by atoms with Crippen LogP contribution in [-0.2, 0) is 19.6 Å². The van der Waals surface area contributed by atoms with Gasteiger partial charge in [-0.2, -0.15) is 4.31 Å². The summed E-state index contributed by atoms with van der Waals surface area (Å²) in [6.45, 7) is 3.63. The van der Waals surface area contributed by atoms with Crippen molar-refractivity contribution in [3.05, 3.63) is 0 Å². The van der Waals surface area contributed by atoms with E-state index in [4.69, 9.17) is 4.74 Å². The summed E-state index contributed by atoms with van der Waals surface area (Å²) in [6.07, 6.45) is 3.14. The van der Waals surface area contributed by atoms with Crippen LogP contribution in [-0.4, -0.2) is 56.7 Å². The number of ether oxygens (including phenoxy) is 1. The van der Waals surface area contributed by atoms with E-state index in [1.165, 1.54) is 0 Å². The second-order valence-electron chi connectivity index (χ2n) is 5.37. The van der Waals surface area contributed by atoms with Crippen molar-refractivity contribution in [2.45, 2.75) is 38.6 Å². The van der Waals surface area contributed by atoms with E-state index in [1.54, 1.807) is 11.2 Å². The highest BCUT2D eigenvalue weighted by Gasteiger charge is 2.40. The minimum atomic E-state index is -3.28. The molecule has 1 N–H and O–H groups in total. The van der Waals surface area contributed by atoms with E-state index in [9.17, 15) is 13.2 Å². The maximum absolute atomic E-state index is 12.3. The second-order valence-corrected chi connectivity index (χ2v) is 7.58. The maximum Gasteiger partial charge on any atom is 0.224 e. The Hall–Kier alpha value is -0.660. The van der Waals surface area contributed by atoms with Gasteiger partial charge in [-0.1, -0.05) is 6.42 Å². The van der Waals surface area contributed by atoms with Crippen LogP contribution in [0.2, 0.25) is 0 Å². The zero-order valence-corrected chi connectivity index (χ0v) is 12.8. The van der Waals surface area contributed by atoms with Crippen LogP contribution in [0.5, 0.6) is 0 Å². The molecular formula is C13H24N2O4S. The first-order valence-corrected chi connectivity index (χ1v) is 9.02. The van der Waals surface area contributed by atoms with Crippen LogP contribution in [0.25, 0.3) is 0 Å². The number of carbonyl (C=O) groups is 1. The fourth-order valence-corrected chi connectivity index (χ4v) is 4.47. The molecule has 2 atom stereocenters. The Kier molecular flexibility index (Phi) is 5.40. The van der Waals surface area contributed by atoms with Crippen molar-refractivity contribution in [1.82, 2.24) is 9.62 Å². The molecule has 0 spiro atoms. The summed E-state index contributed by atoms with van der Waals surface area (Å²) in [5.74, 6) is -0.165. The van der Waals surface area contributed by atoms with Gasteiger partial charge in [0.15, 0.2) is 0 Å². The molecule has 1 aliphatic heterocycles. The molecule has 0 radical (unpaired) electrons. The molecule has 2 fully saturated rings. The third-order valence-corrected chi connectivity index (χ3v) is 6.02. The number of fused-ring (bicyclic) bond motifs is 1. The predicted molar refractivity (Wildman–Crippen MR) is 75.7 cm³/mol. The molecule has 1 aliphatic carbocycles. The van der Waals surface area contributed by atoms with Gasteiger partial charge in [-0.05, 0) is 26.2 Å². The van der Waals surface area contributed by atoms with Crippen molar-refractivity contribution >= 4 is 15.9 Å². The number of nitrogens with one attached hydrogen (secondary N) is 1. The molecule has 1 amide bonds. The van der Waals surface area contributed by atoms with Gasteiger partial charge < -0.3 is 10.1 Å². The van der Waals surface area contributed by atoms with Crippen LogP contribution in [0, 0.1) is 5.92 Å². The highest BCUT2D eigenvalue weighted by Crippen LogP contribution is 2.32. The molecule has 2 aliphatic rings. The van der Waals surface area contributed by atoms with Crippen LogP contribution in [0.3, 0.4) is 0 Å². The third-order valence-electron chi connectivity index (χ3n) is 4.12. The van der Waals surface area contributed by atoms with E-state index < -0.39 is 10.0 Å². The minimum Gasteiger partial charge on any atom is -0.380 e. The number of carbonyl (C=O) groups excluding carboxylic acids is 1. The highest BCUT2D eigenvalue weighted by molar-refractivity contribution is 7.89. The molecular weight excluding hydrogens is 280 g/mol. The molecule has 2 unspecified atom stereocenters. The summed E-state index contributed by atoms with van der Waals surface area (Å²) in [5.41, 5.74) is 0. The summed E-state index contributed by atoms with van der Waals surface area (Å²) >= 11 is 0. The van der Waals surface area contributed by atoms with Crippen molar-refractivity contribution < 1.29 is 17.9 Å². The lowest BCUT2D eigenvalue weighted by Crippen LogP contribution is -2.47. The third kappa shape index (κ3) is 3.51. The minimum absolute atomic E-state index is 0.0331. The molecule has 7 heteroatoms. The molecule has 1 saturated heterocycles. The zero-order valence-electron chi connectivity index (χ0n) is 12.0. The lowest BCUT2D eigenvalue weighted by Gasteiger charge is -2.31. The summed E-state index contributed by atoms with van der Waals surface area (Å²) in [7, 11) is -3.28. The summed E-state index contributed by atoms with van der Waals surface area (Å²) in [5, 5.41) is 2.86. The second kappa shape index (κ2) is 6.87. The summed E-state index contributed by atoms with van der Waals surface area (Å²) < 4.78 is 31.6. The molecule has 116 valence electrons. The first kappa shape index (κ1) is 15.7. The number of hydrogen-bond acceptors (Lipinski definition) is 4. The maximum atomic E-state index is 12.3. The Morgan fingerprint density at radius 1 is 1.30 bits per heavy atom. The SMILES string of the molecule is CCS(=O)(=O)N1CCCOCCNC(=O)C2CCCC21. The number of rotatable bonds is 2. The van der Waals surface area contributed by atoms with Crippen molar-refractivity contribution in [3.8, 4) is 0 Å². The molecule has 0 aromatic heterocycles. The topological polar surface area (TPSA) is 75.7 Å². The molecule has 0 bridgehead atoms. The number of sulfonamides is 1. The van der Waals surface area contributed by atoms with Crippen molar-refractivity contribution in [2.75, 3.05) is 32.1 Å². The van der Waals surface area contributed by atoms with Crippen LogP contribution in [0.15, 0.2) is 0 Å². The lowest BCUT2D eigenvalue weighted by atomic mass is 10.0. The average Bonchev–Trinajstić information content (AvgIpc) is 2.88. The molecule has 0 aromatic carbocycles. The Morgan fingerprint density at radius 2 is 2.10 bits per heavy atom. The predicted octanol–water partition coefficient (Wildman–Crippen LogP) is 0.343. The highest BCUT2D eigenvalue weighted by atomic mass is 32.2. The van der Waals surface area contributed by atoms with E-state index in [0.29, 0.717) is 32.7 Å². The standard InChI is InChI=1S/C13H24N2O4S/c1-2-20(17,18)15-8-4-9-19-10-7-14-13(16)11-5-3-6-12(11)15/h11-12H,2-10H2,1H3,(H,14,16). The molecule has 1 saturated carbocycles. The Balaban J connectivity index is 2.23. The monoisotopic (exact) mass is 304 g/mol. The Bertz CT molecular complexity index is 438. The van der Waals surface area contributed by atoms with Crippen LogP contribution in [0.4, 0.5) is 0 Å². The fraction of sp³-hybridized carbons (Fsp3) is 0.923. The smallest absolute Gasteiger partial charge is 0.224 e. The first-order valence-electron chi connectivity index (χ1n) is 7.41. The van der Waals surface area contributed by atoms with Crippen molar-refractivity contribution in [3.63, 3.8) is 0 Å². The molecule has 2 rings (SSSR count). The van der Waals surface area contributed by atoms with Gasteiger partial charge in [0.2, 0.25) is 15.9 Å². The van der Waals surface area contributed by atoms with E-state index >= 15 is 0 Å². The Morgan fingerprint density at radius 3 is 2.85 bits per heavy atom. The fourth-order valence-electron chi connectivity index (χ4n) is 3.07. The van der Waals surface area contributed by atoms with Crippen molar-refractivity contribution in [1.29, 1.82) is 0 Å². The number of amides is 1. The zero-order chi connectivity index (χ0) is 14.6. The normalized spacial score (nSPS) is 30.4. The first-order chi connectivity index (χ1) is 9.56. The molecule has 6 nitrogen and oxygen atoms in total. The number of nitrogens with zero attached hydrogens (tertiary/aromatic N) is 1. The van der Waals surface area contributed by atoms with E-state index in [2.05, 4.69) is 5.32 Å². The van der Waals surface area contributed by atoms with Gasteiger partial charge in [0.05, 0.1) is 18.3 Å². The molecule has 1 heterocycles. The van der Waals surface area contributed by atoms with Gasteiger partial charge in [-0.25, -0.2) is 8.42 Å². The van der Waals surface area contributed by atoms with Gasteiger partial charge >= 0.3 is 0 Å². The van der Waals surface area contributed by atoms with Crippen LogP contribution >= 0.6 is 0 Å². The van der Waals surface area contributed by atoms with Gasteiger partial charge in [0.25, 0.3) is 0 Å². The van der Waals surface area contributed by atoms with Gasteiger partial charge in [-0.15, -0.1) is 0 Å². The largest absolute Gasteiger partial charge is 0.380 e. The van der Waals surface area contributed by atoms with Crippen LogP contribution in [0.1, 0.15) is 32.6 Å². The van der Waals surface area contributed by atoms with E-state index in [-0.39, 0.29) is 23.6 Å². The summed E-state index contributed by atoms with van der Waals surface area (Å²) in [4.78, 5) is 12.2. The Labute approximate surface area is 120 Å².